The predicted molar refractivity (Wildman–Crippen MR) is 331 cm³/mol. The number of hydrogen-bond donors (Lipinski definition) is 2. The fourth-order valence-corrected chi connectivity index (χ4v) is 11.3. The first-order valence-corrected chi connectivity index (χ1v) is 30.0. The molecule has 0 saturated carbocycles. The molecule has 0 bridgehead atoms. The molecule has 4 saturated heterocycles. The van der Waals surface area contributed by atoms with Crippen LogP contribution in [0.1, 0.15) is 96.2 Å². The lowest BCUT2D eigenvalue weighted by Gasteiger charge is -2.32. The van der Waals surface area contributed by atoms with E-state index in [1.807, 2.05) is 91.8 Å². The molecule has 4 aromatic carbocycles. The van der Waals surface area contributed by atoms with Gasteiger partial charge in [0.1, 0.15) is 39.0 Å². The minimum absolute atomic E-state index is 0. The Kier molecular flexibility index (Phi) is 21.0. The number of aliphatic hydroxyl groups excluding tert-OH is 2. The van der Waals surface area contributed by atoms with Crippen molar-refractivity contribution < 1.29 is 47.1 Å². The summed E-state index contributed by atoms with van der Waals surface area (Å²) in [6.07, 6.45) is 1.51. The van der Waals surface area contributed by atoms with Crippen molar-refractivity contribution in [2.24, 2.45) is 0 Å². The third kappa shape index (κ3) is 15.0. The number of halogens is 6. The van der Waals surface area contributed by atoms with E-state index >= 15 is 0 Å². The van der Waals surface area contributed by atoms with Crippen LogP contribution in [0.15, 0.2) is 100 Å². The van der Waals surface area contributed by atoms with Crippen molar-refractivity contribution in [1.29, 1.82) is 0 Å². The SMILES string of the molecule is C.CC1(C)OB(B2OC(C)(C)C(C)(C)O2)OC1(C)C.Clc1nc(Cl)c2ccc(N3CCOCC3)cc2n1.OC(c1ccc(F)c(-c2nc(Cl)nc3cc(N4CCOCC4)ccc23)c1)c1nccs1.OC(c1ccc(F)c(Br)c1)c1nccs1. The van der Waals surface area contributed by atoms with Crippen molar-refractivity contribution in [2.75, 3.05) is 62.4 Å². The Morgan fingerprint density at radius 1 is 0.566 bits per heavy atom. The first-order chi connectivity index (χ1) is 38.9. The highest BCUT2D eigenvalue weighted by atomic mass is 79.9. The molecule has 0 spiro atoms. The topological polar surface area (TPSA) is 180 Å². The average molecular weight is 1300 g/mol. The maximum Gasteiger partial charge on any atom is 0.488 e. The monoisotopic (exact) mass is 1300 g/mol. The van der Waals surface area contributed by atoms with Crippen molar-refractivity contribution in [3.8, 4) is 11.3 Å². The molecule has 16 nitrogen and oxygen atoms in total. The predicted octanol–water partition coefficient (Wildman–Crippen LogP) is 13.2. The van der Waals surface area contributed by atoms with E-state index in [-0.39, 0.29) is 51.8 Å². The summed E-state index contributed by atoms with van der Waals surface area (Å²) in [4.78, 5) is 29.4. The van der Waals surface area contributed by atoms with Crippen LogP contribution in [0.5, 0.6) is 0 Å². The van der Waals surface area contributed by atoms with Crippen LogP contribution < -0.4 is 9.80 Å². The molecular weight excluding hydrogens is 1230 g/mol. The fourth-order valence-electron chi connectivity index (χ4n) is 8.98. The Hall–Kier alpha value is -4.56. The summed E-state index contributed by atoms with van der Waals surface area (Å²) in [6, 6.07) is 20.6. The van der Waals surface area contributed by atoms with Crippen molar-refractivity contribution in [3.05, 3.63) is 149 Å². The normalized spacial score (nSPS) is 18.5. The van der Waals surface area contributed by atoms with Crippen LogP contribution in [0.4, 0.5) is 20.2 Å². The highest BCUT2D eigenvalue weighted by Gasteiger charge is 2.63. The molecule has 4 aliphatic heterocycles. The molecule has 83 heavy (non-hydrogen) atoms. The molecule has 4 fully saturated rings. The number of ether oxygens (including phenoxy) is 2. The van der Waals surface area contributed by atoms with Gasteiger partial charge in [-0.05, 0) is 166 Å². The van der Waals surface area contributed by atoms with E-state index in [4.69, 9.17) is 62.9 Å². The van der Waals surface area contributed by atoms with Crippen LogP contribution in [0.2, 0.25) is 15.7 Å². The van der Waals surface area contributed by atoms with Gasteiger partial charge in [-0.2, -0.15) is 0 Å². The molecule has 2 unspecified atom stereocenters. The van der Waals surface area contributed by atoms with Gasteiger partial charge < -0.3 is 48.1 Å². The fraction of sp³-hybridized carbons (Fsp3) is 0.404. The van der Waals surface area contributed by atoms with Crippen LogP contribution in [0.25, 0.3) is 33.1 Å². The highest BCUT2D eigenvalue weighted by molar-refractivity contribution is 9.10. The van der Waals surface area contributed by atoms with Crippen LogP contribution in [-0.2, 0) is 28.1 Å². The number of anilines is 2. The number of hydrogen-bond acceptors (Lipinski definition) is 18. The third-order valence-electron chi connectivity index (χ3n) is 15.0. The largest absolute Gasteiger partial charge is 0.488 e. The number of nitrogens with zero attached hydrogens (tertiary/aromatic N) is 8. The maximum atomic E-state index is 14.9. The standard InChI is InChI=1S/C22H18ClFN4O2S.C12H24B2O4.C12H11Cl2N3O.C10H7BrFNOS.CH4/c23-22-26-18-12-14(28-6-8-30-9-7-28)2-3-15(18)19(27-22)16-11-13(1-4-17(16)24)20(29)21-25-5-10-31-21;1-9(2)10(3,4)16-13(15-9)14-17-11(5,6)12(7,8)18-14;13-11-9-2-1-8(17-3-5-18-6-4-17)7-10(9)15-12(14)16-11;11-7-5-6(1-2-8(7)12)9(14)10-13-3-4-15-10;/h1-5,10-12,20,29H,6-9H2;1-8H3;1-2,7H,3-6H2;1-5,9,14H;1H4. The molecular formula is C57H64B2BrCl3F2N8O8S2. The van der Waals surface area contributed by atoms with Gasteiger partial charge in [0.2, 0.25) is 10.6 Å². The zero-order chi connectivity index (χ0) is 58.7. The second-order valence-electron chi connectivity index (χ2n) is 21.4. The zero-order valence-electron chi connectivity index (χ0n) is 46.2. The number of rotatable bonds is 8. The molecule has 8 aromatic rings. The molecule has 12 rings (SSSR count). The second-order valence-corrected chi connectivity index (χ2v) is 25.2. The van der Waals surface area contributed by atoms with E-state index in [9.17, 15) is 19.0 Å². The number of aliphatic hydroxyl groups is 2. The molecule has 26 heteroatoms. The number of thiazole rings is 2. The van der Waals surface area contributed by atoms with Gasteiger partial charge >= 0.3 is 14.0 Å². The first-order valence-electron chi connectivity index (χ1n) is 26.3. The summed E-state index contributed by atoms with van der Waals surface area (Å²) in [7, 11) is -0.952. The molecule has 8 heterocycles. The summed E-state index contributed by atoms with van der Waals surface area (Å²) in [5, 5.41) is 27.4. The Labute approximate surface area is 514 Å². The minimum Gasteiger partial charge on any atom is -0.405 e. The Morgan fingerprint density at radius 3 is 1.43 bits per heavy atom. The summed E-state index contributed by atoms with van der Waals surface area (Å²) < 4.78 is 62.8. The lowest BCUT2D eigenvalue weighted by molar-refractivity contribution is 0.00578. The van der Waals surface area contributed by atoms with Gasteiger partial charge in [0.05, 0.1) is 70.0 Å². The summed E-state index contributed by atoms with van der Waals surface area (Å²) in [5.41, 5.74) is 3.85. The average Bonchev–Trinajstić information content (AvgIpc) is 4.48. The first kappa shape index (κ1) is 64.4. The highest BCUT2D eigenvalue weighted by Crippen LogP contribution is 2.43. The van der Waals surface area contributed by atoms with E-state index in [2.05, 4.69) is 55.6 Å². The molecule has 440 valence electrons. The van der Waals surface area contributed by atoms with Gasteiger partial charge in [-0.3, -0.25) is 0 Å². The second kappa shape index (κ2) is 27.0. The lowest BCUT2D eigenvalue weighted by atomic mass is 9.49. The third-order valence-corrected chi connectivity index (χ3v) is 17.9. The Bertz CT molecular complexity index is 3440. The molecule has 4 aromatic heterocycles. The van der Waals surface area contributed by atoms with Crippen molar-refractivity contribution in [1.82, 2.24) is 29.9 Å². The molecule has 2 N–H and O–H groups in total. The van der Waals surface area contributed by atoms with Crippen molar-refractivity contribution in [2.45, 2.75) is 97.4 Å². The van der Waals surface area contributed by atoms with Crippen LogP contribution >= 0.6 is 73.4 Å². The molecule has 0 aliphatic carbocycles. The number of morpholine rings is 2. The molecule has 0 amide bonds. The van der Waals surface area contributed by atoms with Gasteiger partial charge in [0.15, 0.2) is 0 Å². The van der Waals surface area contributed by atoms with Crippen LogP contribution in [0, 0.1) is 11.6 Å². The summed E-state index contributed by atoms with van der Waals surface area (Å²) >= 11 is 23.8. The van der Waals surface area contributed by atoms with Gasteiger partial charge in [-0.15, -0.1) is 22.7 Å². The van der Waals surface area contributed by atoms with Crippen molar-refractivity contribution >= 4 is 121 Å². The Balaban J connectivity index is 0.000000151. The minimum atomic E-state index is -0.948. The Morgan fingerprint density at radius 2 is 0.988 bits per heavy atom. The zero-order valence-corrected chi connectivity index (χ0v) is 51.7. The summed E-state index contributed by atoms with van der Waals surface area (Å²) in [6.45, 7) is 22.4. The van der Waals surface area contributed by atoms with Gasteiger partial charge in [-0.25, -0.2) is 38.7 Å². The maximum absolute atomic E-state index is 14.9. The molecule has 0 radical (unpaired) electrons. The number of fused-ring (bicyclic) bond motifs is 2. The smallest absolute Gasteiger partial charge is 0.405 e. The van der Waals surface area contributed by atoms with Crippen LogP contribution in [0.3, 0.4) is 0 Å². The number of aromatic nitrogens is 6. The van der Waals surface area contributed by atoms with E-state index in [0.717, 1.165) is 61.7 Å². The lowest BCUT2D eigenvalue weighted by Crippen LogP contribution is -2.41. The van der Waals surface area contributed by atoms with E-state index in [1.165, 1.54) is 34.8 Å². The molecule has 2 atom stereocenters. The van der Waals surface area contributed by atoms with Gasteiger partial charge in [0, 0.05) is 77.0 Å². The van der Waals surface area contributed by atoms with Crippen molar-refractivity contribution in [3.63, 3.8) is 0 Å². The molecule has 4 aliphatic rings. The van der Waals surface area contributed by atoms with E-state index in [1.54, 1.807) is 47.4 Å². The van der Waals surface area contributed by atoms with E-state index in [0.29, 0.717) is 60.6 Å². The van der Waals surface area contributed by atoms with Gasteiger partial charge in [0.25, 0.3) is 0 Å². The van der Waals surface area contributed by atoms with Crippen LogP contribution in [-0.4, -0.2) is 129 Å². The van der Waals surface area contributed by atoms with E-state index < -0.39 is 32.0 Å². The number of benzene rings is 4. The quantitative estimate of drug-likeness (QED) is 0.0833. The summed E-state index contributed by atoms with van der Waals surface area (Å²) in [5.74, 6) is -0.798. The van der Waals surface area contributed by atoms with Gasteiger partial charge in [-0.1, -0.05) is 31.2 Å².